The Morgan fingerprint density at radius 1 is 1.05 bits per heavy atom. The number of nitrogens with zero attached hydrogens (tertiary/aromatic N) is 1. The molecule has 1 aliphatic heterocycles. The van der Waals surface area contributed by atoms with Gasteiger partial charge in [0.2, 0.25) is 0 Å². The summed E-state index contributed by atoms with van der Waals surface area (Å²) in [6, 6.07) is 6.96. The lowest BCUT2D eigenvalue weighted by Crippen LogP contribution is -2.47. The molecule has 1 saturated carbocycles. The van der Waals surface area contributed by atoms with Crippen LogP contribution in [-0.2, 0) is 25.4 Å². The van der Waals surface area contributed by atoms with E-state index in [0.717, 1.165) is 48.6 Å². The van der Waals surface area contributed by atoms with E-state index in [-0.39, 0.29) is 24.2 Å². The van der Waals surface area contributed by atoms with Crippen molar-refractivity contribution < 1.29 is 28.6 Å². The Hall–Kier alpha value is -2.87. The summed E-state index contributed by atoms with van der Waals surface area (Å²) in [5.74, 6) is 0.125. The maximum absolute atomic E-state index is 13.8. The quantitative estimate of drug-likeness (QED) is 0.507. The molecule has 0 bridgehead atoms. The number of likely N-dealkylation sites (tertiary alicyclic amines) is 1. The first-order chi connectivity index (χ1) is 17.6. The van der Waals surface area contributed by atoms with E-state index in [4.69, 9.17) is 14.2 Å². The number of ether oxygens (including phenoxy) is 3. The lowest BCUT2D eigenvalue weighted by Gasteiger charge is -2.36. The third-order valence-electron chi connectivity index (χ3n) is 7.62. The van der Waals surface area contributed by atoms with E-state index in [1.54, 1.807) is 25.0 Å². The summed E-state index contributed by atoms with van der Waals surface area (Å²) in [7, 11) is 1.76. The van der Waals surface area contributed by atoms with E-state index in [1.807, 2.05) is 39.0 Å². The number of Topliss-reactive ketones (excluding diaryl/α,β-unsaturated/α-hetero) is 1. The molecule has 2 heterocycles. The molecule has 37 heavy (non-hydrogen) atoms. The lowest BCUT2D eigenvalue weighted by atomic mass is 9.74. The fourth-order valence-corrected chi connectivity index (χ4v) is 5.92. The van der Waals surface area contributed by atoms with Crippen molar-refractivity contribution in [2.75, 3.05) is 20.3 Å². The molecule has 8 heteroatoms. The predicted molar refractivity (Wildman–Crippen MR) is 141 cm³/mol. The minimum atomic E-state index is -0.630. The average Bonchev–Trinajstić information content (AvgIpc) is 3.48. The molecule has 8 nitrogen and oxygen atoms in total. The number of aromatic nitrogens is 1. The number of hydrogen-bond donors (Lipinski definition) is 1. The highest BCUT2D eigenvalue weighted by molar-refractivity contribution is 5.96. The van der Waals surface area contributed by atoms with Gasteiger partial charge >= 0.3 is 12.1 Å². The smallest absolute Gasteiger partial charge is 0.410 e. The summed E-state index contributed by atoms with van der Waals surface area (Å²) < 4.78 is 16.3. The van der Waals surface area contributed by atoms with Crippen LogP contribution in [-0.4, -0.2) is 65.7 Å². The topological polar surface area (TPSA) is 97.9 Å². The van der Waals surface area contributed by atoms with Gasteiger partial charge in [-0.15, -0.1) is 0 Å². The highest BCUT2D eigenvalue weighted by Gasteiger charge is 2.46. The summed E-state index contributed by atoms with van der Waals surface area (Å²) in [5, 5.41) is 0.846. The molecule has 2 aliphatic rings. The van der Waals surface area contributed by atoms with Gasteiger partial charge in [0.05, 0.1) is 18.8 Å². The third-order valence-corrected chi connectivity index (χ3v) is 7.62. The van der Waals surface area contributed by atoms with Gasteiger partial charge in [-0.05, 0) is 95.4 Å². The minimum Gasteiger partial charge on any atom is -0.461 e. The van der Waals surface area contributed by atoms with E-state index in [9.17, 15) is 14.4 Å². The number of aromatic amines is 1. The number of benzene rings is 1. The fourth-order valence-electron chi connectivity index (χ4n) is 5.92. The predicted octanol–water partition coefficient (Wildman–Crippen LogP) is 5.29. The van der Waals surface area contributed by atoms with Crippen LogP contribution in [0.1, 0.15) is 75.9 Å². The summed E-state index contributed by atoms with van der Waals surface area (Å²) in [6.45, 7) is 8.13. The molecule has 1 N–H and O–H groups in total. The highest BCUT2D eigenvalue weighted by atomic mass is 16.6. The van der Waals surface area contributed by atoms with Crippen LogP contribution in [0, 0.1) is 11.8 Å². The average molecular weight is 513 g/mol. The SMILES string of the molecule is CCOC(=O)c1cc2cc(CC(=O)[C@H]3[C@@H](C4CCC(OC)CC4)CCN3C(=O)OC(C)(C)C)ccc2[nH]1. The number of H-pyrrole nitrogens is 1. The van der Waals surface area contributed by atoms with Crippen molar-refractivity contribution in [3.8, 4) is 0 Å². The molecular weight excluding hydrogens is 472 g/mol. The fraction of sp³-hybridized carbons (Fsp3) is 0.621. The molecular formula is C29H40N2O6. The number of methoxy groups -OCH3 is 1. The zero-order chi connectivity index (χ0) is 26.7. The molecule has 2 atom stereocenters. The zero-order valence-corrected chi connectivity index (χ0v) is 22.7. The Kier molecular flexibility index (Phi) is 8.26. The van der Waals surface area contributed by atoms with Gasteiger partial charge in [0.1, 0.15) is 11.3 Å². The van der Waals surface area contributed by atoms with Crippen molar-refractivity contribution >= 4 is 28.7 Å². The Morgan fingerprint density at radius 3 is 2.43 bits per heavy atom. The van der Waals surface area contributed by atoms with E-state index in [1.165, 1.54) is 0 Å². The van der Waals surface area contributed by atoms with Gasteiger partial charge < -0.3 is 19.2 Å². The van der Waals surface area contributed by atoms with Crippen LogP contribution < -0.4 is 0 Å². The van der Waals surface area contributed by atoms with Gasteiger partial charge in [-0.2, -0.15) is 0 Å². The lowest BCUT2D eigenvalue weighted by molar-refractivity contribution is -0.124. The molecule has 2 aromatic rings. The Balaban J connectivity index is 1.55. The van der Waals surface area contributed by atoms with Gasteiger partial charge in [0.15, 0.2) is 5.78 Å². The number of carbonyl (C=O) groups is 3. The largest absolute Gasteiger partial charge is 0.461 e. The molecule has 1 aliphatic carbocycles. The van der Waals surface area contributed by atoms with Gasteiger partial charge in [-0.3, -0.25) is 9.69 Å². The molecule has 0 radical (unpaired) electrons. The molecule has 0 spiro atoms. The Labute approximate surface area is 219 Å². The number of fused-ring (bicyclic) bond motifs is 1. The van der Waals surface area contributed by atoms with Crippen molar-refractivity contribution in [2.45, 2.75) is 84.0 Å². The van der Waals surface area contributed by atoms with E-state index in [2.05, 4.69) is 4.98 Å². The van der Waals surface area contributed by atoms with Crippen LogP contribution in [0.15, 0.2) is 24.3 Å². The molecule has 1 saturated heterocycles. The molecule has 0 unspecified atom stereocenters. The van der Waals surface area contributed by atoms with E-state index >= 15 is 0 Å². The number of carbonyl (C=O) groups excluding carboxylic acids is 3. The second kappa shape index (κ2) is 11.3. The maximum atomic E-state index is 13.8. The zero-order valence-electron chi connectivity index (χ0n) is 22.7. The number of amides is 1. The summed E-state index contributed by atoms with van der Waals surface area (Å²) in [6.07, 6.45) is 4.85. The Morgan fingerprint density at radius 2 is 1.78 bits per heavy atom. The van der Waals surface area contributed by atoms with Crippen LogP contribution in [0.5, 0.6) is 0 Å². The van der Waals surface area contributed by atoms with Crippen LogP contribution in [0.4, 0.5) is 4.79 Å². The summed E-state index contributed by atoms with van der Waals surface area (Å²) >= 11 is 0. The van der Waals surface area contributed by atoms with E-state index < -0.39 is 23.7 Å². The normalized spacial score (nSPS) is 24.3. The standard InChI is InChI=1S/C29H40N2O6/c1-6-36-27(33)24-17-20-15-18(7-12-23(20)30-24)16-25(32)26-22(19-8-10-21(35-5)11-9-19)13-14-31(26)28(34)37-29(2,3)4/h7,12,15,17,19,21-22,26,30H,6,8-11,13-14,16H2,1-5H3/t19?,21?,22-,26-/m1/s1. The number of nitrogens with one attached hydrogen (secondary N) is 1. The Bertz CT molecular complexity index is 1130. The second-order valence-electron chi connectivity index (χ2n) is 11.3. The second-order valence-corrected chi connectivity index (χ2v) is 11.3. The van der Waals surface area contributed by atoms with Crippen LogP contribution in [0.2, 0.25) is 0 Å². The molecule has 202 valence electrons. The number of rotatable bonds is 7. The van der Waals surface area contributed by atoms with Crippen molar-refractivity contribution in [2.24, 2.45) is 11.8 Å². The number of ketones is 1. The van der Waals surface area contributed by atoms with Crippen molar-refractivity contribution in [3.05, 3.63) is 35.5 Å². The van der Waals surface area contributed by atoms with Gasteiger partial charge in [-0.25, -0.2) is 9.59 Å². The number of hydrogen-bond acceptors (Lipinski definition) is 6. The molecule has 2 fully saturated rings. The van der Waals surface area contributed by atoms with Crippen LogP contribution >= 0.6 is 0 Å². The monoisotopic (exact) mass is 512 g/mol. The first-order valence-electron chi connectivity index (χ1n) is 13.4. The van der Waals surface area contributed by atoms with Crippen molar-refractivity contribution in [1.82, 2.24) is 9.88 Å². The van der Waals surface area contributed by atoms with Crippen LogP contribution in [0.25, 0.3) is 10.9 Å². The van der Waals surface area contributed by atoms with Crippen LogP contribution in [0.3, 0.4) is 0 Å². The molecule has 1 amide bonds. The summed E-state index contributed by atoms with van der Waals surface area (Å²) in [5.41, 5.74) is 1.42. The minimum absolute atomic E-state index is 0.0303. The number of esters is 1. The van der Waals surface area contributed by atoms with Gasteiger partial charge in [-0.1, -0.05) is 6.07 Å². The maximum Gasteiger partial charge on any atom is 0.410 e. The highest BCUT2D eigenvalue weighted by Crippen LogP contribution is 2.40. The third kappa shape index (κ3) is 6.35. The van der Waals surface area contributed by atoms with Crippen molar-refractivity contribution in [1.29, 1.82) is 0 Å². The van der Waals surface area contributed by atoms with E-state index in [0.29, 0.717) is 24.8 Å². The molecule has 1 aromatic carbocycles. The van der Waals surface area contributed by atoms with Gasteiger partial charge in [0.25, 0.3) is 0 Å². The molecule has 1 aromatic heterocycles. The first kappa shape index (κ1) is 27.2. The van der Waals surface area contributed by atoms with Crippen molar-refractivity contribution in [3.63, 3.8) is 0 Å². The molecule has 4 rings (SSSR count). The first-order valence-corrected chi connectivity index (χ1v) is 13.4. The van der Waals surface area contributed by atoms with Gasteiger partial charge in [0, 0.05) is 31.0 Å². The summed E-state index contributed by atoms with van der Waals surface area (Å²) in [4.78, 5) is 43.8.